The van der Waals surface area contributed by atoms with Gasteiger partial charge in [0.25, 0.3) is 5.91 Å². The number of rotatable bonds is 9. The van der Waals surface area contributed by atoms with Crippen LogP contribution in [-0.2, 0) is 9.59 Å². The van der Waals surface area contributed by atoms with E-state index >= 15 is 0 Å². The Balaban J connectivity index is 1.86. The lowest BCUT2D eigenvalue weighted by Crippen LogP contribution is -2.30. The van der Waals surface area contributed by atoms with E-state index in [1.807, 2.05) is 6.07 Å². The summed E-state index contributed by atoms with van der Waals surface area (Å²) in [7, 11) is 0. The van der Waals surface area contributed by atoms with Gasteiger partial charge in [0.2, 0.25) is 0 Å². The first-order valence-electron chi connectivity index (χ1n) is 8.41. The highest BCUT2D eigenvalue weighted by Crippen LogP contribution is 2.20. The molecule has 0 spiro atoms. The van der Waals surface area contributed by atoms with Gasteiger partial charge in [-0.05, 0) is 49.7 Å². The van der Waals surface area contributed by atoms with Crippen LogP contribution in [0.4, 0.5) is 5.69 Å². The molecular formula is C20H20N2O5. The second-order valence-electron chi connectivity index (χ2n) is 5.73. The topological polar surface area (TPSA) is 109 Å². The van der Waals surface area contributed by atoms with Crippen molar-refractivity contribution in [3.8, 4) is 17.6 Å². The number of hydrogen-bond donors (Lipinski definition) is 2. The molecular weight excluding hydrogens is 348 g/mol. The van der Waals surface area contributed by atoms with Gasteiger partial charge in [-0.2, -0.15) is 5.26 Å². The minimum absolute atomic E-state index is 0.0565. The van der Waals surface area contributed by atoms with E-state index < -0.39 is 12.1 Å². The Morgan fingerprint density at radius 1 is 1.19 bits per heavy atom. The monoisotopic (exact) mass is 368 g/mol. The Morgan fingerprint density at radius 2 is 1.89 bits per heavy atom. The van der Waals surface area contributed by atoms with Crippen LogP contribution >= 0.6 is 0 Å². The maximum absolute atomic E-state index is 12.3. The number of nitrogens with one attached hydrogen (secondary N) is 1. The fourth-order valence-electron chi connectivity index (χ4n) is 2.20. The van der Waals surface area contributed by atoms with E-state index in [2.05, 4.69) is 5.32 Å². The fourth-order valence-corrected chi connectivity index (χ4v) is 2.20. The molecule has 7 nitrogen and oxygen atoms in total. The normalized spacial score (nSPS) is 11.1. The van der Waals surface area contributed by atoms with Gasteiger partial charge in [-0.25, -0.2) is 0 Å². The van der Waals surface area contributed by atoms with Crippen LogP contribution in [0.1, 0.15) is 25.3 Å². The number of nitrogens with zero attached hydrogens (tertiary/aromatic N) is 1. The van der Waals surface area contributed by atoms with E-state index in [1.165, 1.54) is 0 Å². The molecule has 0 saturated carbocycles. The van der Waals surface area contributed by atoms with E-state index in [9.17, 15) is 9.59 Å². The van der Waals surface area contributed by atoms with Crippen molar-refractivity contribution in [2.24, 2.45) is 0 Å². The van der Waals surface area contributed by atoms with Crippen LogP contribution in [0.25, 0.3) is 0 Å². The third kappa shape index (κ3) is 6.36. The SMILES string of the molecule is CC(Oc1ccccc1C#N)C(=O)Nc1ccc(OCCCC(=O)O)cc1. The van der Waals surface area contributed by atoms with Crippen molar-refractivity contribution in [2.75, 3.05) is 11.9 Å². The minimum atomic E-state index is -0.856. The van der Waals surface area contributed by atoms with Crippen molar-refractivity contribution in [1.29, 1.82) is 5.26 Å². The average Bonchev–Trinajstić information content (AvgIpc) is 2.66. The van der Waals surface area contributed by atoms with Gasteiger partial charge in [-0.1, -0.05) is 12.1 Å². The molecule has 2 N–H and O–H groups in total. The smallest absolute Gasteiger partial charge is 0.303 e. The van der Waals surface area contributed by atoms with E-state index in [4.69, 9.17) is 19.8 Å². The van der Waals surface area contributed by atoms with Gasteiger partial charge in [-0.15, -0.1) is 0 Å². The summed E-state index contributed by atoms with van der Waals surface area (Å²) in [6, 6.07) is 15.5. The van der Waals surface area contributed by atoms with Crippen LogP contribution in [0.15, 0.2) is 48.5 Å². The molecule has 2 aromatic carbocycles. The molecule has 0 aliphatic heterocycles. The summed E-state index contributed by atoms with van der Waals surface area (Å²) in [5.74, 6) is -0.262. The quantitative estimate of drug-likeness (QED) is 0.658. The molecule has 0 aliphatic carbocycles. The number of benzene rings is 2. The first kappa shape index (κ1) is 19.8. The molecule has 1 unspecified atom stereocenters. The molecule has 2 rings (SSSR count). The number of aliphatic carboxylic acids is 1. The largest absolute Gasteiger partial charge is 0.494 e. The summed E-state index contributed by atoms with van der Waals surface area (Å²) in [4.78, 5) is 22.7. The number of para-hydroxylation sites is 1. The zero-order valence-corrected chi connectivity index (χ0v) is 14.8. The molecule has 0 bridgehead atoms. The average molecular weight is 368 g/mol. The Hall–Kier alpha value is -3.53. The summed E-state index contributed by atoms with van der Waals surface area (Å²) in [6.07, 6.45) is -0.306. The Morgan fingerprint density at radius 3 is 2.56 bits per heavy atom. The lowest BCUT2D eigenvalue weighted by molar-refractivity contribution is -0.137. The van der Waals surface area contributed by atoms with Crippen molar-refractivity contribution in [3.63, 3.8) is 0 Å². The van der Waals surface area contributed by atoms with Crippen molar-refractivity contribution in [2.45, 2.75) is 25.9 Å². The minimum Gasteiger partial charge on any atom is -0.494 e. The van der Waals surface area contributed by atoms with Crippen molar-refractivity contribution in [3.05, 3.63) is 54.1 Å². The maximum Gasteiger partial charge on any atom is 0.303 e. The Bertz CT molecular complexity index is 827. The molecule has 0 radical (unpaired) electrons. The molecule has 1 amide bonds. The number of amides is 1. The summed E-state index contributed by atoms with van der Waals surface area (Å²) in [6.45, 7) is 1.91. The van der Waals surface area contributed by atoms with Crippen LogP contribution in [-0.4, -0.2) is 29.7 Å². The predicted molar refractivity (Wildman–Crippen MR) is 98.7 cm³/mol. The standard InChI is InChI=1S/C20H20N2O5/c1-14(27-18-6-3-2-5-15(18)13-21)20(25)22-16-8-10-17(11-9-16)26-12-4-7-19(23)24/h2-3,5-6,8-11,14H,4,7,12H2,1H3,(H,22,25)(H,23,24). The molecule has 0 saturated heterocycles. The summed E-state index contributed by atoms with van der Waals surface area (Å²) >= 11 is 0. The highest BCUT2D eigenvalue weighted by atomic mass is 16.5. The number of carboxylic acid groups (broad SMARTS) is 1. The highest BCUT2D eigenvalue weighted by Gasteiger charge is 2.16. The van der Waals surface area contributed by atoms with Crippen LogP contribution in [0.2, 0.25) is 0 Å². The van der Waals surface area contributed by atoms with Crippen molar-refractivity contribution >= 4 is 17.6 Å². The van der Waals surface area contributed by atoms with Gasteiger partial charge >= 0.3 is 5.97 Å². The molecule has 7 heteroatoms. The maximum atomic E-state index is 12.3. The molecule has 140 valence electrons. The number of anilines is 1. The van der Waals surface area contributed by atoms with Crippen LogP contribution in [0.5, 0.6) is 11.5 Å². The molecule has 27 heavy (non-hydrogen) atoms. The van der Waals surface area contributed by atoms with Crippen LogP contribution in [0.3, 0.4) is 0 Å². The molecule has 0 aliphatic rings. The van der Waals surface area contributed by atoms with E-state index in [1.54, 1.807) is 55.5 Å². The molecule has 0 fully saturated rings. The second-order valence-corrected chi connectivity index (χ2v) is 5.73. The van der Waals surface area contributed by atoms with Gasteiger partial charge < -0.3 is 19.9 Å². The Labute approximate surface area is 157 Å². The molecule has 0 heterocycles. The lowest BCUT2D eigenvalue weighted by atomic mass is 10.2. The number of hydrogen-bond acceptors (Lipinski definition) is 5. The number of nitriles is 1. The highest BCUT2D eigenvalue weighted by molar-refractivity contribution is 5.94. The third-order valence-electron chi connectivity index (χ3n) is 3.61. The molecule has 0 aromatic heterocycles. The van der Waals surface area contributed by atoms with Crippen LogP contribution in [0, 0.1) is 11.3 Å². The number of ether oxygens (including phenoxy) is 2. The number of carbonyl (C=O) groups is 2. The van der Waals surface area contributed by atoms with Crippen LogP contribution < -0.4 is 14.8 Å². The summed E-state index contributed by atoms with van der Waals surface area (Å²) in [5, 5.41) is 20.4. The van der Waals surface area contributed by atoms with E-state index in [-0.39, 0.29) is 12.3 Å². The van der Waals surface area contributed by atoms with E-state index in [0.29, 0.717) is 35.8 Å². The van der Waals surface area contributed by atoms with Gasteiger partial charge in [0, 0.05) is 12.1 Å². The van der Waals surface area contributed by atoms with Gasteiger partial charge in [-0.3, -0.25) is 9.59 Å². The third-order valence-corrected chi connectivity index (χ3v) is 3.61. The van der Waals surface area contributed by atoms with Crippen molar-refractivity contribution in [1.82, 2.24) is 0 Å². The lowest BCUT2D eigenvalue weighted by Gasteiger charge is -2.15. The Kier molecular flexibility index (Phi) is 7.20. The molecule has 1 atom stereocenters. The van der Waals surface area contributed by atoms with Gasteiger partial charge in [0.05, 0.1) is 12.2 Å². The zero-order chi connectivity index (χ0) is 19.6. The summed E-state index contributed by atoms with van der Waals surface area (Å²) < 4.78 is 11.0. The molecule has 2 aromatic rings. The first-order chi connectivity index (χ1) is 13.0. The predicted octanol–water partition coefficient (Wildman–Crippen LogP) is 3.21. The summed E-state index contributed by atoms with van der Waals surface area (Å²) in [5.41, 5.74) is 0.934. The first-order valence-corrected chi connectivity index (χ1v) is 8.41. The number of carbonyl (C=O) groups excluding carboxylic acids is 1. The van der Waals surface area contributed by atoms with Gasteiger partial charge in [0.15, 0.2) is 6.10 Å². The van der Waals surface area contributed by atoms with E-state index in [0.717, 1.165) is 0 Å². The van der Waals surface area contributed by atoms with Gasteiger partial charge in [0.1, 0.15) is 17.6 Å². The fraction of sp³-hybridized carbons (Fsp3) is 0.250. The zero-order valence-electron chi connectivity index (χ0n) is 14.8. The number of carboxylic acids is 1. The second kappa shape index (κ2) is 9.82. The van der Waals surface area contributed by atoms with Crippen molar-refractivity contribution < 1.29 is 24.2 Å².